The van der Waals surface area contributed by atoms with Gasteiger partial charge in [-0.25, -0.2) is 0 Å². The van der Waals surface area contributed by atoms with Gasteiger partial charge in [0.2, 0.25) is 0 Å². The van der Waals surface area contributed by atoms with Crippen molar-refractivity contribution in [2.45, 2.75) is 76.7 Å². The summed E-state index contributed by atoms with van der Waals surface area (Å²) >= 11 is 0. The quantitative estimate of drug-likeness (QED) is 0.564. The number of rotatable bonds is 7. The van der Waals surface area contributed by atoms with Crippen LogP contribution in [0.4, 0.5) is 0 Å². The maximum atomic E-state index is 11.8. The van der Waals surface area contributed by atoms with Crippen molar-refractivity contribution in [3.63, 3.8) is 0 Å². The number of carbonyl (C=O) groups is 1. The molecule has 0 aromatic carbocycles. The minimum Gasteiger partial charge on any atom is -0.466 e. The molecule has 1 atom stereocenters. The molecule has 2 heterocycles. The number of hydrogen-bond donors (Lipinski definition) is 0. The zero-order valence-electron chi connectivity index (χ0n) is 17.3. The SMILES string of the molecule is CCOC(=O)C1CCC(OCN2CCC[C@H]2N2CCC(OC)CC2)CC1.Cl.Cl. The summed E-state index contributed by atoms with van der Waals surface area (Å²) in [6, 6.07) is 0. The first-order valence-corrected chi connectivity index (χ1v) is 10.5. The van der Waals surface area contributed by atoms with Crippen molar-refractivity contribution in [1.82, 2.24) is 9.80 Å². The minimum absolute atomic E-state index is 0. The molecule has 3 fully saturated rings. The Bertz CT molecular complexity index is 442. The molecule has 2 aliphatic heterocycles. The van der Waals surface area contributed by atoms with E-state index in [4.69, 9.17) is 14.2 Å². The van der Waals surface area contributed by atoms with Gasteiger partial charge < -0.3 is 14.2 Å². The predicted molar refractivity (Wildman–Crippen MR) is 114 cm³/mol. The van der Waals surface area contributed by atoms with E-state index in [-0.39, 0.29) is 36.7 Å². The van der Waals surface area contributed by atoms with Gasteiger partial charge in [0, 0.05) is 26.7 Å². The molecule has 0 amide bonds. The fourth-order valence-electron chi connectivity index (χ4n) is 4.71. The van der Waals surface area contributed by atoms with Crippen molar-refractivity contribution in [1.29, 1.82) is 0 Å². The van der Waals surface area contributed by atoms with Gasteiger partial charge in [-0.3, -0.25) is 14.6 Å². The molecule has 2 saturated heterocycles. The summed E-state index contributed by atoms with van der Waals surface area (Å²) < 4.78 is 16.9. The van der Waals surface area contributed by atoms with Crippen LogP contribution in [0, 0.1) is 5.92 Å². The molecule has 6 nitrogen and oxygen atoms in total. The number of ether oxygens (including phenoxy) is 3. The molecule has 0 unspecified atom stereocenters. The third-order valence-corrected chi connectivity index (χ3v) is 6.33. The van der Waals surface area contributed by atoms with E-state index in [9.17, 15) is 4.79 Å². The number of methoxy groups -OCH3 is 1. The first kappa shape index (κ1) is 25.9. The third-order valence-electron chi connectivity index (χ3n) is 6.33. The van der Waals surface area contributed by atoms with Crippen LogP contribution < -0.4 is 0 Å². The summed E-state index contributed by atoms with van der Waals surface area (Å²) in [7, 11) is 1.83. The molecule has 166 valence electrons. The molecule has 3 rings (SSSR count). The first-order valence-electron chi connectivity index (χ1n) is 10.5. The monoisotopic (exact) mass is 440 g/mol. The summed E-state index contributed by atoms with van der Waals surface area (Å²) in [6.07, 6.45) is 9.79. The number of halogens is 2. The highest BCUT2D eigenvalue weighted by Crippen LogP contribution is 2.29. The lowest BCUT2D eigenvalue weighted by molar-refractivity contribution is -0.150. The van der Waals surface area contributed by atoms with E-state index < -0.39 is 0 Å². The smallest absolute Gasteiger partial charge is 0.308 e. The van der Waals surface area contributed by atoms with Crippen molar-refractivity contribution in [2.24, 2.45) is 5.92 Å². The fraction of sp³-hybridized carbons (Fsp3) is 0.950. The number of esters is 1. The predicted octanol–water partition coefficient (Wildman–Crippen LogP) is 3.46. The third kappa shape index (κ3) is 6.99. The van der Waals surface area contributed by atoms with Crippen LogP contribution in [-0.4, -0.2) is 74.2 Å². The Balaban J connectivity index is 0.00000196. The van der Waals surface area contributed by atoms with Crippen LogP contribution >= 0.6 is 24.8 Å². The lowest BCUT2D eigenvalue weighted by Gasteiger charge is -2.39. The van der Waals surface area contributed by atoms with E-state index >= 15 is 0 Å². The first-order chi connectivity index (χ1) is 12.7. The molecule has 1 saturated carbocycles. The van der Waals surface area contributed by atoms with Crippen molar-refractivity contribution < 1.29 is 19.0 Å². The molecular formula is C20H38Cl2N2O4. The van der Waals surface area contributed by atoms with Gasteiger partial charge in [0.05, 0.1) is 30.9 Å². The standard InChI is InChI=1S/C20H36N2O4.2ClH/c1-3-25-20(23)16-6-8-18(9-7-16)26-15-22-12-4-5-19(22)21-13-10-17(24-2)11-14-21;;/h16-19H,3-15H2,1-2H3;2*1H/t16?,18?,19-;;/m0../s1. The van der Waals surface area contributed by atoms with Gasteiger partial charge in [0.15, 0.2) is 0 Å². The normalized spacial score (nSPS) is 29.7. The van der Waals surface area contributed by atoms with Crippen LogP contribution in [0.25, 0.3) is 0 Å². The second-order valence-corrected chi connectivity index (χ2v) is 7.93. The van der Waals surface area contributed by atoms with Gasteiger partial charge in [-0.05, 0) is 58.3 Å². The highest BCUT2D eigenvalue weighted by molar-refractivity contribution is 5.85. The molecule has 3 aliphatic rings. The molecule has 0 aromatic heterocycles. The van der Waals surface area contributed by atoms with E-state index in [0.29, 0.717) is 25.0 Å². The highest BCUT2D eigenvalue weighted by atomic mass is 35.5. The number of hydrogen-bond acceptors (Lipinski definition) is 6. The van der Waals surface area contributed by atoms with Crippen LogP contribution in [-0.2, 0) is 19.0 Å². The van der Waals surface area contributed by atoms with Gasteiger partial charge in [0.1, 0.15) is 6.73 Å². The number of piperidine rings is 1. The van der Waals surface area contributed by atoms with E-state index in [1.54, 1.807) is 0 Å². The molecule has 1 aliphatic carbocycles. The number of carbonyl (C=O) groups excluding carboxylic acids is 1. The van der Waals surface area contributed by atoms with Gasteiger partial charge in [-0.1, -0.05) is 0 Å². The van der Waals surface area contributed by atoms with E-state index in [2.05, 4.69) is 9.80 Å². The molecule has 0 N–H and O–H groups in total. The largest absolute Gasteiger partial charge is 0.466 e. The summed E-state index contributed by atoms with van der Waals surface area (Å²) in [4.78, 5) is 17.0. The molecule has 8 heteroatoms. The minimum atomic E-state index is -0.0231. The van der Waals surface area contributed by atoms with Crippen LogP contribution in [0.3, 0.4) is 0 Å². The van der Waals surface area contributed by atoms with Crippen molar-refractivity contribution in [3.05, 3.63) is 0 Å². The Morgan fingerprint density at radius 1 is 0.929 bits per heavy atom. The number of nitrogens with zero attached hydrogens (tertiary/aromatic N) is 2. The Morgan fingerprint density at radius 2 is 1.61 bits per heavy atom. The second kappa shape index (κ2) is 13.2. The Hall–Kier alpha value is -0.110. The highest BCUT2D eigenvalue weighted by Gasteiger charge is 2.33. The van der Waals surface area contributed by atoms with E-state index in [1.807, 2.05) is 14.0 Å². The second-order valence-electron chi connectivity index (χ2n) is 7.93. The van der Waals surface area contributed by atoms with Crippen molar-refractivity contribution in [3.8, 4) is 0 Å². The topological polar surface area (TPSA) is 51.2 Å². The van der Waals surface area contributed by atoms with Crippen molar-refractivity contribution >= 4 is 30.8 Å². The lowest BCUT2D eigenvalue weighted by Crippen LogP contribution is -2.50. The molecule has 28 heavy (non-hydrogen) atoms. The van der Waals surface area contributed by atoms with Gasteiger partial charge >= 0.3 is 5.97 Å². The lowest BCUT2D eigenvalue weighted by atomic mass is 9.87. The molecule has 0 bridgehead atoms. The summed E-state index contributed by atoms with van der Waals surface area (Å²) in [5.74, 6) is 0.0569. The molecule has 0 aromatic rings. The number of likely N-dealkylation sites (tertiary alicyclic amines) is 2. The van der Waals surface area contributed by atoms with Crippen molar-refractivity contribution in [2.75, 3.05) is 40.1 Å². The maximum Gasteiger partial charge on any atom is 0.308 e. The van der Waals surface area contributed by atoms with Crippen LogP contribution in [0.1, 0.15) is 58.3 Å². The fourth-order valence-corrected chi connectivity index (χ4v) is 4.71. The zero-order valence-corrected chi connectivity index (χ0v) is 19.0. The Kier molecular flexibility index (Phi) is 12.3. The van der Waals surface area contributed by atoms with Gasteiger partial charge in [-0.15, -0.1) is 24.8 Å². The average Bonchev–Trinajstić information content (AvgIpc) is 3.15. The maximum absolute atomic E-state index is 11.8. The summed E-state index contributed by atoms with van der Waals surface area (Å²) in [5.41, 5.74) is 0. The van der Waals surface area contributed by atoms with Crippen LogP contribution in [0.2, 0.25) is 0 Å². The zero-order chi connectivity index (χ0) is 18.4. The molecular weight excluding hydrogens is 403 g/mol. The summed E-state index contributed by atoms with van der Waals surface area (Å²) in [5, 5.41) is 0. The van der Waals surface area contributed by atoms with Crippen LogP contribution in [0.15, 0.2) is 0 Å². The van der Waals surface area contributed by atoms with E-state index in [0.717, 1.165) is 64.9 Å². The Labute approximate surface area is 182 Å². The van der Waals surface area contributed by atoms with Crippen LogP contribution in [0.5, 0.6) is 0 Å². The average molecular weight is 441 g/mol. The Morgan fingerprint density at radius 3 is 2.21 bits per heavy atom. The molecule has 0 radical (unpaired) electrons. The van der Waals surface area contributed by atoms with Gasteiger partial charge in [0.25, 0.3) is 0 Å². The van der Waals surface area contributed by atoms with Gasteiger partial charge in [-0.2, -0.15) is 0 Å². The van der Waals surface area contributed by atoms with E-state index in [1.165, 1.54) is 12.8 Å². The molecule has 0 spiro atoms. The summed E-state index contributed by atoms with van der Waals surface area (Å²) in [6.45, 7) is 6.47.